The maximum absolute atomic E-state index is 11.3. The third kappa shape index (κ3) is 2.99. The van der Waals surface area contributed by atoms with Gasteiger partial charge in [0.2, 0.25) is 5.91 Å². The summed E-state index contributed by atoms with van der Waals surface area (Å²) in [5.41, 5.74) is 0. The van der Waals surface area contributed by atoms with Crippen molar-refractivity contribution in [1.29, 1.82) is 0 Å². The Balaban J connectivity index is 2.50. The van der Waals surface area contributed by atoms with E-state index in [1.165, 1.54) is 4.90 Å². The molecule has 1 saturated heterocycles. The number of piperidine rings is 1. The third-order valence-corrected chi connectivity index (χ3v) is 2.29. The molecular formula is C9H15NO4. The number of carbonyl (C=O) groups excluding carboxylic acids is 1. The van der Waals surface area contributed by atoms with Crippen LogP contribution in [0.4, 0.5) is 0 Å². The first-order valence-electron chi connectivity index (χ1n) is 4.66. The van der Waals surface area contributed by atoms with Crippen LogP contribution in [-0.4, -0.2) is 46.2 Å². The SMILES string of the molecule is CC1CC(O)CN(C(=O)CC(=O)O)C1. The minimum atomic E-state index is -1.12. The van der Waals surface area contributed by atoms with Crippen molar-refractivity contribution in [3.05, 3.63) is 0 Å². The summed E-state index contributed by atoms with van der Waals surface area (Å²) < 4.78 is 0. The van der Waals surface area contributed by atoms with E-state index in [1.54, 1.807) is 0 Å². The van der Waals surface area contributed by atoms with E-state index in [-0.39, 0.29) is 12.5 Å². The summed E-state index contributed by atoms with van der Waals surface area (Å²) in [4.78, 5) is 23.1. The molecule has 0 aromatic carbocycles. The van der Waals surface area contributed by atoms with Gasteiger partial charge >= 0.3 is 5.97 Å². The predicted molar refractivity (Wildman–Crippen MR) is 48.6 cm³/mol. The van der Waals surface area contributed by atoms with Crippen LogP contribution in [0, 0.1) is 5.92 Å². The Kier molecular flexibility index (Phi) is 3.46. The summed E-state index contributed by atoms with van der Waals surface area (Å²) in [6, 6.07) is 0. The highest BCUT2D eigenvalue weighted by molar-refractivity contribution is 5.93. The van der Waals surface area contributed by atoms with Gasteiger partial charge < -0.3 is 15.1 Å². The van der Waals surface area contributed by atoms with E-state index < -0.39 is 24.4 Å². The molecule has 5 heteroatoms. The number of nitrogens with zero attached hydrogens (tertiary/aromatic N) is 1. The number of amides is 1. The van der Waals surface area contributed by atoms with Gasteiger partial charge in [0, 0.05) is 13.1 Å². The van der Waals surface area contributed by atoms with Crippen molar-refractivity contribution < 1.29 is 19.8 Å². The summed E-state index contributed by atoms with van der Waals surface area (Å²) >= 11 is 0. The highest BCUT2D eigenvalue weighted by Crippen LogP contribution is 2.16. The normalized spacial score (nSPS) is 27.4. The van der Waals surface area contributed by atoms with Crippen molar-refractivity contribution in [2.24, 2.45) is 5.92 Å². The van der Waals surface area contributed by atoms with Gasteiger partial charge in [0.25, 0.3) is 0 Å². The van der Waals surface area contributed by atoms with Crippen molar-refractivity contribution in [3.63, 3.8) is 0 Å². The third-order valence-electron chi connectivity index (χ3n) is 2.29. The molecule has 0 aliphatic carbocycles. The zero-order valence-electron chi connectivity index (χ0n) is 8.14. The van der Waals surface area contributed by atoms with Gasteiger partial charge in [0.1, 0.15) is 6.42 Å². The van der Waals surface area contributed by atoms with Gasteiger partial charge in [-0.25, -0.2) is 0 Å². The average Bonchev–Trinajstić information content (AvgIpc) is 2.00. The Labute approximate surface area is 82.3 Å². The Hall–Kier alpha value is -1.10. The van der Waals surface area contributed by atoms with E-state index in [1.807, 2.05) is 6.92 Å². The molecule has 0 spiro atoms. The number of aliphatic hydroxyl groups is 1. The van der Waals surface area contributed by atoms with Crippen LogP contribution in [-0.2, 0) is 9.59 Å². The highest BCUT2D eigenvalue weighted by atomic mass is 16.4. The summed E-state index contributed by atoms with van der Waals surface area (Å²) in [6.07, 6.45) is -0.326. The topological polar surface area (TPSA) is 77.8 Å². The smallest absolute Gasteiger partial charge is 0.312 e. The molecule has 1 heterocycles. The number of carboxylic acid groups (broad SMARTS) is 1. The van der Waals surface area contributed by atoms with Crippen molar-refractivity contribution in [1.82, 2.24) is 4.90 Å². The predicted octanol–water partition coefficient (Wildman–Crippen LogP) is -0.310. The standard InChI is InChI=1S/C9H15NO4/c1-6-2-7(11)5-10(4-6)8(12)3-9(13)14/h6-7,11H,2-5H2,1H3,(H,13,14). The summed E-state index contributed by atoms with van der Waals surface area (Å²) in [6.45, 7) is 2.74. The molecule has 5 nitrogen and oxygen atoms in total. The first kappa shape index (κ1) is 11.0. The van der Waals surface area contributed by atoms with Gasteiger partial charge in [-0.15, -0.1) is 0 Å². The van der Waals surface area contributed by atoms with Gasteiger partial charge in [-0.05, 0) is 12.3 Å². The van der Waals surface area contributed by atoms with E-state index in [4.69, 9.17) is 5.11 Å². The molecule has 1 amide bonds. The molecule has 1 fully saturated rings. The lowest BCUT2D eigenvalue weighted by atomic mass is 9.98. The lowest BCUT2D eigenvalue weighted by molar-refractivity contribution is -0.146. The summed E-state index contributed by atoms with van der Waals surface area (Å²) in [7, 11) is 0. The highest BCUT2D eigenvalue weighted by Gasteiger charge is 2.27. The minimum Gasteiger partial charge on any atom is -0.481 e. The van der Waals surface area contributed by atoms with E-state index in [0.29, 0.717) is 13.0 Å². The quantitative estimate of drug-likeness (QED) is 0.601. The fraction of sp³-hybridized carbons (Fsp3) is 0.778. The molecule has 0 bridgehead atoms. The van der Waals surface area contributed by atoms with Crippen LogP contribution in [0.15, 0.2) is 0 Å². The largest absolute Gasteiger partial charge is 0.481 e. The average molecular weight is 201 g/mol. The molecule has 2 unspecified atom stereocenters. The number of rotatable bonds is 2. The number of likely N-dealkylation sites (tertiary alicyclic amines) is 1. The van der Waals surface area contributed by atoms with Crippen LogP contribution in [0.25, 0.3) is 0 Å². The van der Waals surface area contributed by atoms with Crippen molar-refractivity contribution in [3.8, 4) is 0 Å². The number of β-amino-alcohol motifs (C(OH)–C–C–N with tert-alkyl or cyclic N) is 1. The van der Waals surface area contributed by atoms with E-state index in [0.717, 1.165) is 0 Å². The minimum absolute atomic E-state index is 0.233. The fourth-order valence-corrected chi connectivity index (χ4v) is 1.76. The van der Waals surface area contributed by atoms with Gasteiger partial charge in [0.05, 0.1) is 6.10 Å². The molecular weight excluding hydrogens is 186 g/mol. The zero-order chi connectivity index (χ0) is 10.7. The van der Waals surface area contributed by atoms with Crippen LogP contribution in [0.1, 0.15) is 19.8 Å². The molecule has 0 aromatic heterocycles. The van der Waals surface area contributed by atoms with E-state index >= 15 is 0 Å². The second-order valence-corrected chi connectivity index (χ2v) is 3.86. The molecule has 0 radical (unpaired) electrons. The van der Waals surface area contributed by atoms with Gasteiger partial charge in [-0.1, -0.05) is 6.92 Å². The number of carbonyl (C=O) groups is 2. The van der Waals surface area contributed by atoms with Crippen molar-refractivity contribution >= 4 is 11.9 Å². The second kappa shape index (κ2) is 4.41. The van der Waals surface area contributed by atoms with Crippen LogP contribution in [0.5, 0.6) is 0 Å². The van der Waals surface area contributed by atoms with Crippen LogP contribution in [0.2, 0.25) is 0 Å². The molecule has 0 saturated carbocycles. The van der Waals surface area contributed by atoms with Crippen molar-refractivity contribution in [2.75, 3.05) is 13.1 Å². The molecule has 2 N–H and O–H groups in total. The number of hydrogen-bond donors (Lipinski definition) is 2. The fourth-order valence-electron chi connectivity index (χ4n) is 1.76. The lowest BCUT2D eigenvalue weighted by Gasteiger charge is -2.33. The first-order chi connectivity index (χ1) is 6.49. The van der Waals surface area contributed by atoms with Crippen LogP contribution < -0.4 is 0 Å². The second-order valence-electron chi connectivity index (χ2n) is 3.86. The van der Waals surface area contributed by atoms with Crippen molar-refractivity contribution in [2.45, 2.75) is 25.9 Å². The molecule has 1 aliphatic rings. The monoisotopic (exact) mass is 201 g/mol. The Morgan fingerprint density at radius 3 is 2.57 bits per heavy atom. The number of carboxylic acids is 1. The molecule has 1 rings (SSSR count). The number of aliphatic carboxylic acids is 1. The van der Waals surface area contributed by atoms with E-state index in [2.05, 4.69) is 0 Å². The van der Waals surface area contributed by atoms with Crippen LogP contribution in [0.3, 0.4) is 0 Å². The molecule has 2 atom stereocenters. The first-order valence-corrected chi connectivity index (χ1v) is 4.66. The molecule has 14 heavy (non-hydrogen) atoms. The summed E-state index contributed by atoms with van der Waals surface area (Å²) in [5.74, 6) is -1.30. The molecule has 80 valence electrons. The Bertz CT molecular complexity index is 231. The Morgan fingerprint density at radius 2 is 2.07 bits per heavy atom. The zero-order valence-corrected chi connectivity index (χ0v) is 8.14. The molecule has 0 aromatic rings. The Morgan fingerprint density at radius 1 is 1.43 bits per heavy atom. The number of hydrogen-bond acceptors (Lipinski definition) is 3. The maximum Gasteiger partial charge on any atom is 0.312 e. The molecule has 1 aliphatic heterocycles. The summed E-state index contributed by atoms with van der Waals surface area (Å²) in [5, 5.41) is 17.8. The number of aliphatic hydroxyl groups excluding tert-OH is 1. The van der Waals surface area contributed by atoms with Gasteiger partial charge in [-0.3, -0.25) is 9.59 Å². The van der Waals surface area contributed by atoms with Gasteiger partial charge in [0.15, 0.2) is 0 Å². The van der Waals surface area contributed by atoms with E-state index in [9.17, 15) is 14.7 Å². The van der Waals surface area contributed by atoms with Gasteiger partial charge in [-0.2, -0.15) is 0 Å². The van der Waals surface area contributed by atoms with Crippen LogP contribution >= 0.6 is 0 Å². The lowest BCUT2D eigenvalue weighted by Crippen LogP contribution is -2.46. The maximum atomic E-state index is 11.3.